The first kappa shape index (κ1) is 11.9. The molecule has 4 nitrogen and oxygen atoms in total. The minimum absolute atomic E-state index is 0.402. The van der Waals surface area contributed by atoms with Crippen LogP contribution in [0.25, 0.3) is 0 Å². The van der Waals surface area contributed by atoms with Crippen LogP contribution in [0.3, 0.4) is 0 Å². The van der Waals surface area contributed by atoms with Crippen molar-refractivity contribution in [1.29, 1.82) is 10.5 Å². The summed E-state index contributed by atoms with van der Waals surface area (Å²) in [6.45, 7) is 2.41. The van der Waals surface area contributed by atoms with Gasteiger partial charge in [0.25, 0.3) is 0 Å². The average Bonchev–Trinajstić information content (AvgIpc) is 2.32. The molecule has 0 aliphatic carbocycles. The Morgan fingerprint density at radius 1 is 1.19 bits per heavy atom. The molecule has 80 valence electrons. The summed E-state index contributed by atoms with van der Waals surface area (Å²) < 4.78 is 0. The molecule has 0 fully saturated rings. The number of benzene rings is 1. The van der Waals surface area contributed by atoms with Gasteiger partial charge in [-0.25, -0.2) is 0 Å². The normalized spacial score (nSPS) is 10.2. The van der Waals surface area contributed by atoms with E-state index < -0.39 is 5.92 Å². The molecule has 0 atom stereocenters. The number of nitrogens with zero attached hydrogens (tertiary/aromatic N) is 4. The Morgan fingerprint density at radius 3 is 2.38 bits per heavy atom. The van der Waals surface area contributed by atoms with Gasteiger partial charge in [0.15, 0.2) is 0 Å². The number of aryl methyl sites for hydroxylation is 1. The van der Waals surface area contributed by atoms with E-state index in [1.807, 2.05) is 43.3 Å². The quantitative estimate of drug-likeness (QED) is 0.719. The van der Waals surface area contributed by atoms with Gasteiger partial charge in [-0.15, -0.1) is 0 Å². The first-order chi connectivity index (χ1) is 7.76. The summed E-state index contributed by atoms with van der Waals surface area (Å²) in [6.07, 6.45) is 0.433. The van der Waals surface area contributed by atoms with Gasteiger partial charge in [0.2, 0.25) is 0 Å². The first-order valence-corrected chi connectivity index (χ1v) is 4.99. The Morgan fingerprint density at radius 2 is 1.81 bits per heavy atom. The Kier molecular flexibility index (Phi) is 4.69. The number of rotatable bonds is 4. The summed E-state index contributed by atoms with van der Waals surface area (Å²) in [5.41, 5.74) is 1.96. The highest BCUT2D eigenvalue weighted by Gasteiger charge is 2.02. The zero-order valence-corrected chi connectivity index (χ0v) is 9.09. The van der Waals surface area contributed by atoms with Crippen LogP contribution < -0.4 is 0 Å². The molecule has 0 aliphatic rings. The van der Waals surface area contributed by atoms with Crippen molar-refractivity contribution in [3.8, 4) is 12.1 Å². The molecule has 1 aromatic rings. The second-order valence-corrected chi connectivity index (χ2v) is 3.40. The van der Waals surface area contributed by atoms with E-state index in [0.29, 0.717) is 13.0 Å². The Bertz CT molecular complexity index is 420. The van der Waals surface area contributed by atoms with Crippen molar-refractivity contribution in [2.75, 3.05) is 6.54 Å². The van der Waals surface area contributed by atoms with E-state index in [0.717, 1.165) is 5.69 Å². The van der Waals surface area contributed by atoms with Crippen LogP contribution in [0.1, 0.15) is 12.0 Å². The number of hydrogen-bond acceptors (Lipinski definition) is 4. The number of hydrogen-bond donors (Lipinski definition) is 0. The van der Waals surface area contributed by atoms with Gasteiger partial charge in [-0.05, 0) is 25.5 Å². The summed E-state index contributed by atoms with van der Waals surface area (Å²) in [6, 6.07) is 11.5. The maximum Gasteiger partial charge on any atom is 0.135 e. The van der Waals surface area contributed by atoms with E-state index in [4.69, 9.17) is 10.5 Å². The average molecular weight is 212 g/mol. The van der Waals surface area contributed by atoms with Crippen molar-refractivity contribution in [3.63, 3.8) is 0 Å². The fraction of sp³-hybridized carbons (Fsp3) is 0.333. The summed E-state index contributed by atoms with van der Waals surface area (Å²) in [4.78, 5) is 0. The maximum atomic E-state index is 8.53. The summed E-state index contributed by atoms with van der Waals surface area (Å²) in [7, 11) is 0. The predicted octanol–water partition coefficient (Wildman–Crippen LogP) is 3.13. The van der Waals surface area contributed by atoms with E-state index in [1.54, 1.807) is 0 Å². The topological polar surface area (TPSA) is 72.3 Å². The highest BCUT2D eigenvalue weighted by atomic mass is 15.1. The van der Waals surface area contributed by atoms with Gasteiger partial charge in [-0.3, -0.25) is 0 Å². The Balaban J connectivity index is 2.42. The lowest BCUT2D eigenvalue weighted by molar-refractivity contribution is 0.725. The summed E-state index contributed by atoms with van der Waals surface area (Å²) in [5, 5.41) is 25.0. The van der Waals surface area contributed by atoms with Crippen LogP contribution >= 0.6 is 0 Å². The van der Waals surface area contributed by atoms with Crippen molar-refractivity contribution in [1.82, 2.24) is 0 Å². The standard InChI is InChI=1S/C12H12N4/c1-10-2-4-12(5-3-10)16-15-7-6-11(8-13)9-14/h2-5,11H,6-7H2,1H3. The third-order valence-corrected chi connectivity index (χ3v) is 2.05. The lowest BCUT2D eigenvalue weighted by Crippen LogP contribution is -1.94. The van der Waals surface area contributed by atoms with Crippen LogP contribution in [0, 0.1) is 35.5 Å². The molecule has 0 bridgehead atoms. The van der Waals surface area contributed by atoms with Crippen molar-refractivity contribution >= 4 is 5.69 Å². The first-order valence-electron chi connectivity index (χ1n) is 4.99. The van der Waals surface area contributed by atoms with Crippen LogP contribution in [0.15, 0.2) is 34.5 Å². The van der Waals surface area contributed by atoms with Gasteiger partial charge in [0, 0.05) is 0 Å². The van der Waals surface area contributed by atoms with Crippen LogP contribution in [0.4, 0.5) is 5.69 Å². The molecule has 4 heteroatoms. The molecule has 0 spiro atoms. The molecule has 0 aliphatic heterocycles. The van der Waals surface area contributed by atoms with Crippen molar-refractivity contribution in [2.24, 2.45) is 16.1 Å². The molecular weight excluding hydrogens is 200 g/mol. The van der Waals surface area contributed by atoms with Gasteiger partial charge < -0.3 is 0 Å². The van der Waals surface area contributed by atoms with Gasteiger partial charge in [-0.1, -0.05) is 17.7 Å². The van der Waals surface area contributed by atoms with Crippen molar-refractivity contribution in [3.05, 3.63) is 29.8 Å². The molecule has 16 heavy (non-hydrogen) atoms. The summed E-state index contributed by atoms with van der Waals surface area (Å²) >= 11 is 0. The molecule has 0 saturated heterocycles. The van der Waals surface area contributed by atoms with Crippen LogP contribution in [0.5, 0.6) is 0 Å². The van der Waals surface area contributed by atoms with E-state index in [-0.39, 0.29) is 0 Å². The predicted molar refractivity (Wildman–Crippen MR) is 59.9 cm³/mol. The molecule has 0 saturated carbocycles. The molecule has 0 heterocycles. The van der Waals surface area contributed by atoms with E-state index >= 15 is 0 Å². The molecule has 0 unspecified atom stereocenters. The smallest absolute Gasteiger partial charge is 0.135 e. The SMILES string of the molecule is Cc1ccc(N=NCCC(C#N)C#N)cc1. The third-order valence-electron chi connectivity index (χ3n) is 2.05. The molecule has 0 amide bonds. The van der Waals surface area contributed by atoms with Crippen LogP contribution in [-0.4, -0.2) is 6.54 Å². The number of nitriles is 2. The molecular formula is C12H12N4. The number of azo groups is 1. The minimum Gasteiger partial charge on any atom is -0.197 e. The zero-order valence-electron chi connectivity index (χ0n) is 9.09. The van der Waals surface area contributed by atoms with Crippen LogP contribution in [0.2, 0.25) is 0 Å². The minimum atomic E-state index is -0.586. The fourth-order valence-corrected chi connectivity index (χ4v) is 1.09. The molecule has 0 radical (unpaired) electrons. The molecule has 1 aromatic carbocycles. The Labute approximate surface area is 94.9 Å². The van der Waals surface area contributed by atoms with Gasteiger partial charge in [-0.2, -0.15) is 20.8 Å². The van der Waals surface area contributed by atoms with Gasteiger partial charge in [0.05, 0.1) is 24.4 Å². The monoisotopic (exact) mass is 212 g/mol. The fourth-order valence-electron chi connectivity index (χ4n) is 1.09. The summed E-state index contributed by atoms with van der Waals surface area (Å²) in [5.74, 6) is -0.586. The molecule has 1 rings (SSSR count). The van der Waals surface area contributed by atoms with Crippen LogP contribution in [-0.2, 0) is 0 Å². The van der Waals surface area contributed by atoms with Crippen molar-refractivity contribution < 1.29 is 0 Å². The lowest BCUT2D eigenvalue weighted by Gasteiger charge is -1.95. The van der Waals surface area contributed by atoms with Gasteiger partial charge in [0.1, 0.15) is 5.92 Å². The molecule has 0 N–H and O–H groups in total. The molecule has 0 aromatic heterocycles. The maximum absolute atomic E-state index is 8.53. The highest BCUT2D eigenvalue weighted by molar-refractivity contribution is 5.37. The van der Waals surface area contributed by atoms with E-state index in [1.165, 1.54) is 5.56 Å². The Hall–Kier alpha value is -2.20. The lowest BCUT2D eigenvalue weighted by atomic mass is 10.1. The van der Waals surface area contributed by atoms with E-state index in [2.05, 4.69) is 10.2 Å². The zero-order chi connectivity index (χ0) is 11.8. The third kappa shape index (κ3) is 3.89. The second-order valence-electron chi connectivity index (χ2n) is 3.40. The highest BCUT2D eigenvalue weighted by Crippen LogP contribution is 2.13. The second kappa shape index (κ2) is 6.31. The van der Waals surface area contributed by atoms with E-state index in [9.17, 15) is 0 Å². The van der Waals surface area contributed by atoms with Crippen molar-refractivity contribution in [2.45, 2.75) is 13.3 Å². The van der Waals surface area contributed by atoms with Gasteiger partial charge >= 0.3 is 0 Å². The largest absolute Gasteiger partial charge is 0.197 e.